The van der Waals surface area contributed by atoms with Gasteiger partial charge in [0.1, 0.15) is 5.82 Å². The molecule has 27 heavy (non-hydrogen) atoms. The molecule has 3 rings (SSSR count). The Balaban J connectivity index is 1.50. The third-order valence-corrected chi connectivity index (χ3v) is 4.53. The maximum atomic E-state index is 12.9. The van der Waals surface area contributed by atoms with Gasteiger partial charge in [-0.05, 0) is 36.5 Å². The molecule has 1 N–H and O–H groups in total. The summed E-state index contributed by atoms with van der Waals surface area (Å²) in [7, 11) is 0. The molecule has 0 bridgehead atoms. The van der Waals surface area contributed by atoms with E-state index < -0.39 is 0 Å². The Morgan fingerprint density at radius 3 is 2.81 bits per heavy atom. The largest absolute Gasteiger partial charge is 0.351 e. The highest BCUT2D eigenvalue weighted by molar-refractivity contribution is 5.92. The first-order valence-electron chi connectivity index (χ1n) is 9.19. The molecule has 1 atom stereocenters. The number of carbonyl (C=O) groups is 2. The zero-order valence-electron chi connectivity index (χ0n) is 15.6. The van der Waals surface area contributed by atoms with Crippen LogP contribution in [-0.2, 0) is 17.6 Å². The van der Waals surface area contributed by atoms with Gasteiger partial charge in [-0.2, -0.15) is 0 Å². The van der Waals surface area contributed by atoms with E-state index in [4.69, 9.17) is 4.52 Å². The molecule has 1 aliphatic heterocycles. The molecule has 0 spiro atoms. The van der Waals surface area contributed by atoms with Gasteiger partial charge in [-0.25, -0.2) is 4.39 Å². The molecule has 0 radical (unpaired) electrons. The third-order valence-electron chi connectivity index (χ3n) is 4.53. The van der Waals surface area contributed by atoms with Gasteiger partial charge in [0, 0.05) is 25.6 Å². The van der Waals surface area contributed by atoms with Gasteiger partial charge >= 0.3 is 0 Å². The number of benzene rings is 1. The van der Waals surface area contributed by atoms with Crippen LogP contribution in [-0.4, -0.2) is 41.0 Å². The van der Waals surface area contributed by atoms with Crippen molar-refractivity contribution in [3.05, 3.63) is 53.2 Å². The van der Waals surface area contributed by atoms with Crippen molar-refractivity contribution in [3.8, 4) is 0 Å². The number of carbonyl (C=O) groups excluding carboxylic acids is 2. The molecule has 0 saturated carbocycles. The predicted molar refractivity (Wildman–Crippen MR) is 97.6 cm³/mol. The first kappa shape index (κ1) is 19.1. The number of aromatic nitrogens is 1. The number of amides is 2. The normalized spacial score (nSPS) is 17.0. The van der Waals surface area contributed by atoms with Crippen LogP contribution >= 0.6 is 0 Å². The zero-order chi connectivity index (χ0) is 19.4. The number of halogens is 1. The smallest absolute Gasteiger partial charge is 0.290 e. The molecule has 1 fully saturated rings. The molecule has 2 amide bonds. The van der Waals surface area contributed by atoms with Crippen LogP contribution in [0.1, 0.15) is 42.1 Å². The van der Waals surface area contributed by atoms with E-state index in [1.165, 1.54) is 12.1 Å². The van der Waals surface area contributed by atoms with Crippen molar-refractivity contribution in [1.29, 1.82) is 0 Å². The van der Waals surface area contributed by atoms with Crippen molar-refractivity contribution in [1.82, 2.24) is 15.4 Å². The van der Waals surface area contributed by atoms with Crippen molar-refractivity contribution in [2.75, 3.05) is 13.1 Å². The van der Waals surface area contributed by atoms with Crippen molar-refractivity contribution in [2.24, 2.45) is 5.92 Å². The Kier molecular flexibility index (Phi) is 5.88. The second kappa shape index (κ2) is 8.33. The standard InChI is InChI=1S/C20H24FN3O3/c1-13(2)9-16-10-18(27-23-16)20(26)22-17-11-19(25)24(12-17)8-7-14-3-5-15(21)6-4-14/h3-6,10,13,17H,7-9,11-12H2,1-2H3,(H,22,26). The van der Waals surface area contributed by atoms with Gasteiger partial charge in [0.05, 0.1) is 11.7 Å². The van der Waals surface area contributed by atoms with Crippen LogP contribution in [0.3, 0.4) is 0 Å². The predicted octanol–water partition coefficient (Wildman–Crippen LogP) is 2.59. The Morgan fingerprint density at radius 2 is 2.11 bits per heavy atom. The average Bonchev–Trinajstić information content (AvgIpc) is 3.20. The maximum Gasteiger partial charge on any atom is 0.290 e. The van der Waals surface area contributed by atoms with Gasteiger partial charge < -0.3 is 14.7 Å². The van der Waals surface area contributed by atoms with E-state index in [1.807, 2.05) is 0 Å². The molecule has 6 nitrogen and oxygen atoms in total. The molecule has 144 valence electrons. The number of nitrogens with zero attached hydrogens (tertiary/aromatic N) is 2. The van der Waals surface area contributed by atoms with E-state index >= 15 is 0 Å². The topological polar surface area (TPSA) is 75.4 Å². The fourth-order valence-corrected chi connectivity index (χ4v) is 3.19. The molecule has 1 aliphatic rings. The zero-order valence-corrected chi connectivity index (χ0v) is 15.6. The molecule has 1 unspecified atom stereocenters. The molecular formula is C20H24FN3O3. The Labute approximate surface area is 157 Å². The summed E-state index contributed by atoms with van der Waals surface area (Å²) in [6.45, 7) is 5.13. The first-order chi connectivity index (χ1) is 12.9. The van der Waals surface area contributed by atoms with Gasteiger partial charge in [-0.3, -0.25) is 9.59 Å². The summed E-state index contributed by atoms with van der Waals surface area (Å²) in [4.78, 5) is 26.2. The van der Waals surface area contributed by atoms with E-state index in [9.17, 15) is 14.0 Å². The van der Waals surface area contributed by atoms with Crippen molar-refractivity contribution in [2.45, 2.75) is 39.2 Å². The fourth-order valence-electron chi connectivity index (χ4n) is 3.19. The lowest BCUT2D eigenvalue weighted by molar-refractivity contribution is -0.127. The summed E-state index contributed by atoms with van der Waals surface area (Å²) in [5.74, 6) is -0.0325. The van der Waals surface area contributed by atoms with E-state index in [0.29, 0.717) is 25.4 Å². The highest BCUT2D eigenvalue weighted by Crippen LogP contribution is 2.15. The first-order valence-corrected chi connectivity index (χ1v) is 9.19. The molecule has 0 aliphatic carbocycles. The second-order valence-corrected chi connectivity index (χ2v) is 7.37. The Hall–Kier alpha value is -2.70. The number of nitrogens with one attached hydrogen (secondary N) is 1. The lowest BCUT2D eigenvalue weighted by atomic mass is 10.1. The molecule has 2 aromatic rings. The van der Waals surface area contributed by atoms with Gasteiger partial charge in [-0.1, -0.05) is 31.1 Å². The average molecular weight is 373 g/mol. The summed E-state index contributed by atoms with van der Waals surface area (Å²) in [5.41, 5.74) is 1.72. The van der Waals surface area contributed by atoms with Crippen LogP contribution in [0.15, 0.2) is 34.9 Å². The Bertz CT molecular complexity index is 801. The van der Waals surface area contributed by atoms with Crippen LogP contribution in [0.5, 0.6) is 0 Å². The van der Waals surface area contributed by atoms with Crippen molar-refractivity contribution < 1.29 is 18.5 Å². The molecule has 1 aromatic carbocycles. The summed E-state index contributed by atoms with van der Waals surface area (Å²) in [5, 5.41) is 6.75. The molecule has 7 heteroatoms. The van der Waals surface area contributed by atoms with Gasteiger partial charge in [0.2, 0.25) is 11.7 Å². The van der Waals surface area contributed by atoms with Crippen LogP contribution in [0.25, 0.3) is 0 Å². The monoisotopic (exact) mass is 373 g/mol. The molecule has 2 heterocycles. The van der Waals surface area contributed by atoms with Crippen LogP contribution in [0.2, 0.25) is 0 Å². The summed E-state index contributed by atoms with van der Waals surface area (Å²) in [6, 6.07) is 7.65. The summed E-state index contributed by atoms with van der Waals surface area (Å²) < 4.78 is 18.1. The number of hydrogen-bond donors (Lipinski definition) is 1. The van der Waals surface area contributed by atoms with Crippen LogP contribution < -0.4 is 5.32 Å². The van der Waals surface area contributed by atoms with E-state index in [1.54, 1.807) is 23.1 Å². The minimum absolute atomic E-state index is 0.000443. The molecule has 1 aromatic heterocycles. The highest BCUT2D eigenvalue weighted by atomic mass is 19.1. The summed E-state index contributed by atoms with van der Waals surface area (Å²) >= 11 is 0. The number of likely N-dealkylation sites (tertiary alicyclic amines) is 1. The summed E-state index contributed by atoms with van der Waals surface area (Å²) in [6.07, 6.45) is 1.66. The van der Waals surface area contributed by atoms with E-state index in [2.05, 4.69) is 24.3 Å². The van der Waals surface area contributed by atoms with Gasteiger partial charge in [0.15, 0.2) is 0 Å². The Morgan fingerprint density at radius 1 is 1.37 bits per heavy atom. The van der Waals surface area contributed by atoms with E-state index in [0.717, 1.165) is 17.7 Å². The fraction of sp³-hybridized carbons (Fsp3) is 0.450. The minimum atomic E-state index is -0.351. The maximum absolute atomic E-state index is 12.9. The van der Waals surface area contributed by atoms with Gasteiger partial charge in [-0.15, -0.1) is 0 Å². The second-order valence-electron chi connectivity index (χ2n) is 7.37. The number of hydrogen-bond acceptors (Lipinski definition) is 4. The molecule has 1 saturated heterocycles. The SMILES string of the molecule is CC(C)Cc1cc(C(=O)NC2CC(=O)N(CCc3ccc(F)cc3)C2)on1. The lowest BCUT2D eigenvalue weighted by Crippen LogP contribution is -2.37. The van der Waals surface area contributed by atoms with Crippen molar-refractivity contribution in [3.63, 3.8) is 0 Å². The van der Waals surface area contributed by atoms with Crippen LogP contribution in [0.4, 0.5) is 4.39 Å². The highest BCUT2D eigenvalue weighted by Gasteiger charge is 2.31. The van der Waals surface area contributed by atoms with Gasteiger partial charge in [0.25, 0.3) is 5.91 Å². The number of rotatable bonds is 7. The van der Waals surface area contributed by atoms with Crippen LogP contribution in [0, 0.1) is 11.7 Å². The lowest BCUT2D eigenvalue weighted by Gasteiger charge is -2.16. The third kappa shape index (κ3) is 5.15. The van der Waals surface area contributed by atoms with E-state index in [-0.39, 0.29) is 35.9 Å². The quantitative estimate of drug-likeness (QED) is 0.809. The van der Waals surface area contributed by atoms with Crippen molar-refractivity contribution >= 4 is 11.8 Å². The minimum Gasteiger partial charge on any atom is -0.351 e. The molecular weight excluding hydrogens is 349 g/mol.